The van der Waals surface area contributed by atoms with Crippen molar-refractivity contribution in [3.05, 3.63) is 35.9 Å². The second-order valence-corrected chi connectivity index (χ2v) is 9.78. The van der Waals surface area contributed by atoms with Gasteiger partial charge >= 0.3 is 0 Å². The molecule has 0 spiro atoms. The highest BCUT2D eigenvalue weighted by molar-refractivity contribution is 5.80. The van der Waals surface area contributed by atoms with Crippen LogP contribution in [0.15, 0.2) is 35.3 Å². The fourth-order valence-electron chi connectivity index (χ4n) is 5.68. The summed E-state index contributed by atoms with van der Waals surface area (Å²) < 4.78 is 5.62. The Morgan fingerprint density at radius 2 is 1.81 bits per heavy atom. The minimum atomic E-state index is 0.110. The van der Waals surface area contributed by atoms with E-state index in [0.717, 1.165) is 51.6 Å². The monoisotopic (exact) mass is 427 g/mol. The number of fused-ring (bicyclic) bond motifs is 2. The predicted molar refractivity (Wildman–Crippen MR) is 127 cm³/mol. The number of rotatable bonds is 7. The molecule has 3 saturated heterocycles. The molecule has 0 aromatic heterocycles. The third kappa shape index (κ3) is 5.41. The largest absolute Gasteiger partial charge is 0.381 e. The van der Waals surface area contributed by atoms with E-state index in [1.54, 1.807) is 0 Å². The summed E-state index contributed by atoms with van der Waals surface area (Å²) >= 11 is 0. The zero-order valence-electron chi connectivity index (χ0n) is 19.6. The lowest BCUT2D eigenvalue weighted by Gasteiger charge is -2.42. The Labute approximate surface area is 188 Å². The first kappa shape index (κ1) is 22.6. The highest BCUT2D eigenvalue weighted by Crippen LogP contribution is 2.37. The first-order valence-electron chi connectivity index (χ1n) is 12.2. The van der Waals surface area contributed by atoms with Gasteiger partial charge in [0.1, 0.15) is 0 Å². The SMILES string of the molecule is CCNC(=NCC1(N(C)C)CCOCC1)NC1CC2CCC(C1)N2Cc1ccccc1. The second kappa shape index (κ2) is 10.3. The smallest absolute Gasteiger partial charge is 0.191 e. The summed E-state index contributed by atoms with van der Waals surface area (Å²) in [6.07, 6.45) is 7.16. The Hall–Kier alpha value is -1.63. The van der Waals surface area contributed by atoms with Crippen LogP contribution < -0.4 is 10.6 Å². The summed E-state index contributed by atoms with van der Waals surface area (Å²) in [6.45, 7) is 6.62. The van der Waals surface area contributed by atoms with E-state index < -0.39 is 0 Å². The van der Waals surface area contributed by atoms with E-state index in [-0.39, 0.29) is 5.54 Å². The molecule has 2 unspecified atom stereocenters. The van der Waals surface area contributed by atoms with E-state index in [2.05, 4.69) is 71.8 Å². The number of hydrogen-bond donors (Lipinski definition) is 2. The number of ether oxygens (including phenoxy) is 1. The average molecular weight is 428 g/mol. The Balaban J connectivity index is 1.37. The molecule has 1 aromatic rings. The van der Waals surface area contributed by atoms with Crippen LogP contribution in [-0.4, -0.2) is 79.8 Å². The zero-order chi connectivity index (χ0) is 21.7. The lowest BCUT2D eigenvalue weighted by atomic mass is 9.89. The van der Waals surface area contributed by atoms with Crippen molar-refractivity contribution in [1.29, 1.82) is 0 Å². The minimum absolute atomic E-state index is 0.110. The number of guanidine groups is 1. The topological polar surface area (TPSA) is 52.1 Å². The lowest BCUT2D eigenvalue weighted by Crippen LogP contribution is -2.54. The summed E-state index contributed by atoms with van der Waals surface area (Å²) in [5.74, 6) is 0.983. The van der Waals surface area contributed by atoms with E-state index in [1.807, 2.05) is 0 Å². The molecule has 3 heterocycles. The normalized spacial score (nSPS) is 28.6. The van der Waals surface area contributed by atoms with Gasteiger partial charge in [0.15, 0.2) is 5.96 Å². The van der Waals surface area contributed by atoms with E-state index in [0.29, 0.717) is 18.1 Å². The van der Waals surface area contributed by atoms with Gasteiger partial charge in [-0.15, -0.1) is 0 Å². The Kier molecular flexibility index (Phi) is 7.51. The molecule has 3 aliphatic rings. The van der Waals surface area contributed by atoms with Crippen LogP contribution in [0.4, 0.5) is 0 Å². The molecule has 1 aromatic carbocycles. The van der Waals surface area contributed by atoms with E-state index in [1.165, 1.54) is 31.2 Å². The molecule has 4 rings (SSSR count). The highest BCUT2D eigenvalue weighted by Gasteiger charge is 2.41. The van der Waals surface area contributed by atoms with Crippen LogP contribution in [0.1, 0.15) is 51.0 Å². The predicted octanol–water partition coefficient (Wildman–Crippen LogP) is 2.85. The van der Waals surface area contributed by atoms with Gasteiger partial charge in [0, 0.05) is 50.0 Å². The highest BCUT2D eigenvalue weighted by atomic mass is 16.5. The number of piperidine rings is 1. The number of nitrogens with one attached hydrogen (secondary N) is 2. The minimum Gasteiger partial charge on any atom is -0.381 e. The molecule has 6 nitrogen and oxygen atoms in total. The molecule has 31 heavy (non-hydrogen) atoms. The van der Waals surface area contributed by atoms with Gasteiger partial charge in [-0.3, -0.25) is 9.89 Å². The molecule has 3 fully saturated rings. The molecule has 3 aliphatic heterocycles. The van der Waals surface area contributed by atoms with Crippen LogP contribution in [0.25, 0.3) is 0 Å². The quantitative estimate of drug-likeness (QED) is 0.518. The fourth-order valence-corrected chi connectivity index (χ4v) is 5.68. The molecular weight excluding hydrogens is 386 g/mol. The average Bonchev–Trinajstić information content (AvgIpc) is 3.01. The van der Waals surface area contributed by atoms with Crippen molar-refractivity contribution in [3.8, 4) is 0 Å². The van der Waals surface area contributed by atoms with Crippen LogP contribution in [0.3, 0.4) is 0 Å². The van der Waals surface area contributed by atoms with E-state index in [9.17, 15) is 0 Å². The molecule has 2 atom stereocenters. The molecule has 0 radical (unpaired) electrons. The number of nitrogens with zero attached hydrogens (tertiary/aromatic N) is 3. The van der Waals surface area contributed by atoms with Gasteiger partial charge in [-0.05, 0) is 65.1 Å². The third-order valence-electron chi connectivity index (χ3n) is 7.68. The maximum absolute atomic E-state index is 5.62. The Bertz CT molecular complexity index is 702. The van der Waals surface area contributed by atoms with Gasteiger partial charge in [0.05, 0.1) is 6.54 Å². The molecule has 172 valence electrons. The molecule has 0 aliphatic carbocycles. The van der Waals surface area contributed by atoms with Gasteiger partial charge in [-0.2, -0.15) is 0 Å². The van der Waals surface area contributed by atoms with E-state index >= 15 is 0 Å². The molecule has 0 amide bonds. The second-order valence-electron chi connectivity index (χ2n) is 9.78. The van der Waals surface area contributed by atoms with Crippen molar-refractivity contribution in [3.63, 3.8) is 0 Å². The van der Waals surface area contributed by atoms with Crippen molar-refractivity contribution in [2.45, 2.75) is 75.7 Å². The van der Waals surface area contributed by atoms with E-state index in [4.69, 9.17) is 9.73 Å². The van der Waals surface area contributed by atoms with Crippen LogP contribution >= 0.6 is 0 Å². The van der Waals surface area contributed by atoms with Gasteiger partial charge in [0.2, 0.25) is 0 Å². The van der Waals surface area contributed by atoms with Crippen molar-refractivity contribution in [2.24, 2.45) is 4.99 Å². The summed E-state index contributed by atoms with van der Waals surface area (Å²) in [5.41, 5.74) is 1.55. The molecule has 6 heteroatoms. The van der Waals surface area contributed by atoms with Gasteiger partial charge in [-0.1, -0.05) is 30.3 Å². The molecule has 2 bridgehead atoms. The van der Waals surface area contributed by atoms with Crippen molar-refractivity contribution in [1.82, 2.24) is 20.4 Å². The number of likely N-dealkylation sites (N-methyl/N-ethyl adjacent to an activating group) is 1. The summed E-state index contributed by atoms with van der Waals surface area (Å²) in [4.78, 5) is 10.2. The maximum Gasteiger partial charge on any atom is 0.191 e. The first-order chi connectivity index (χ1) is 15.1. The standard InChI is InChI=1S/C25H41N5O/c1-4-26-24(27-19-25(29(2)3)12-14-31-15-13-25)28-21-16-22-10-11-23(17-21)30(22)18-20-8-6-5-7-9-20/h5-9,21-23H,4,10-19H2,1-3H3,(H2,26,27,28). The third-order valence-corrected chi connectivity index (χ3v) is 7.68. The van der Waals surface area contributed by atoms with Crippen LogP contribution in [-0.2, 0) is 11.3 Å². The summed E-state index contributed by atoms with van der Waals surface area (Å²) in [6, 6.07) is 12.8. The first-order valence-corrected chi connectivity index (χ1v) is 12.2. The molecule has 2 N–H and O–H groups in total. The number of aliphatic imine (C=N–C) groups is 1. The lowest BCUT2D eigenvalue weighted by molar-refractivity contribution is -0.00257. The summed E-state index contributed by atoms with van der Waals surface area (Å²) in [7, 11) is 4.36. The van der Waals surface area contributed by atoms with Crippen LogP contribution in [0.2, 0.25) is 0 Å². The number of hydrogen-bond acceptors (Lipinski definition) is 4. The molecular formula is C25H41N5O. The summed E-state index contributed by atoms with van der Waals surface area (Å²) in [5, 5.41) is 7.30. The van der Waals surface area contributed by atoms with Crippen molar-refractivity contribution in [2.75, 3.05) is 40.4 Å². The number of benzene rings is 1. The van der Waals surface area contributed by atoms with Gasteiger partial charge < -0.3 is 20.3 Å². The van der Waals surface area contributed by atoms with Gasteiger partial charge in [0.25, 0.3) is 0 Å². The zero-order valence-corrected chi connectivity index (χ0v) is 19.6. The van der Waals surface area contributed by atoms with Crippen LogP contribution in [0.5, 0.6) is 0 Å². The van der Waals surface area contributed by atoms with Gasteiger partial charge in [-0.25, -0.2) is 0 Å². The van der Waals surface area contributed by atoms with Crippen molar-refractivity contribution < 1.29 is 4.74 Å². The maximum atomic E-state index is 5.62. The molecule has 0 saturated carbocycles. The van der Waals surface area contributed by atoms with Crippen molar-refractivity contribution >= 4 is 5.96 Å². The Morgan fingerprint density at radius 1 is 1.13 bits per heavy atom. The fraction of sp³-hybridized carbons (Fsp3) is 0.720. The Morgan fingerprint density at radius 3 is 2.42 bits per heavy atom. The van der Waals surface area contributed by atoms with Crippen LogP contribution in [0, 0.1) is 0 Å².